The van der Waals surface area contributed by atoms with E-state index in [1.165, 1.54) is 31.0 Å². The average Bonchev–Trinajstić information content (AvgIpc) is 2.83. The number of ketones is 1. The molecule has 0 aromatic heterocycles. The van der Waals surface area contributed by atoms with Gasteiger partial charge in [0.25, 0.3) is 0 Å². The zero-order valence-electron chi connectivity index (χ0n) is 12.6. The second kappa shape index (κ2) is 7.63. The number of rotatable bonds is 6. The van der Waals surface area contributed by atoms with Crippen LogP contribution in [-0.2, 0) is 15.7 Å². The van der Waals surface area contributed by atoms with E-state index in [0.29, 0.717) is 10.9 Å². The fourth-order valence-corrected chi connectivity index (χ4v) is 3.65. The summed E-state index contributed by atoms with van der Waals surface area (Å²) < 4.78 is 43.8. The Kier molecular flexibility index (Phi) is 6.05. The molecule has 0 saturated heterocycles. The monoisotopic (exact) mass is 363 g/mol. The third-order valence-electron chi connectivity index (χ3n) is 3.14. The first-order chi connectivity index (χ1) is 10.9. The Morgan fingerprint density at radius 3 is 2.74 bits per heavy atom. The Morgan fingerprint density at radius 1 is 1.39 bits per heavy atom. The lowest BCUT2D eigenvalue weighted by Crippen LogP contribution is -2.15. The first kappa shape index (κ1) is 18.2. The van der Waals surface area contributed by atoms with Crippen molar-refractivity contribution in [1.82, 2.24) is 5.32 Å². The lowest BCUT2D eigenvalue weighted by atomic mass is 10.0. The maximum Gasteiger partial charge on any atom is 0.416 e. The van der Waals surface area contributed by atoms with Crippen LogP contribution >= 0.6 is 23.5 Å². The first-order valence-electron chi connectivity index (χ1n) is 6.85. The van der Waals surface area contributed by atoms with Crippen molar-refractivity contribution in [2.75, 3.05) is 18.7 Å². The molecule has 2 rings (SSSR count). The molecule has 1 aliphatic rings. The number of hydrogen-bond acceptors (Lipinski definition) is 5. The van der Waals surface area contributed by atoms with Gasteiger partial charge in [0.2, 0.25) is 5.78 Å². The molecule has 0 fully saturated rings. The van der Waals surface area contributed by atoms with Crippen LogP contribution in [0.4, 0.5) is 13.2 Å². The van der Waals surface area contributed by atoms with Crippen LogP contribution in [0, 0.1) is 0 Å². The van der Waals surface area contributed by atoms with Gasteiger partial charge in [0, 0.05) is 7.11 Å². The van der Waals surface area contributed by atoms with E-state index in [2.05, 4.69) is 5.32 Å². The van der Waals surface area contributed by atoms with Crippen LogP contribution in [0.3, 0.4) is 0 Å². The number of ether oxygens (including phenoxy) is 1. The van der Waals surface area contributed by atoms with Crippen LogP contribution in [0.25, 0.3) is 5.57 Å². The lowest BCUT2D eigenvalue weighted by molar-refractivity contribution is -0.137. The average molecular weight is 363 g/mol. The Balaban J connectivity index is 2.38. The van der Waals surface area contributed by atoms with Crippen LogP contribution in [0.2, 0.25) is 0 Å². The standard InChI is InChI=1S/C15H16F3NO2S2/c1-3-22-8-19-13-11(12(20)14(21-2)23-13)9-5-4-6-10(7-9)15(16,17)18/h4-7,14,19H,3,8H2,1-2H3. The molecule has 1 N–H and O–H groups in total. The van der Waals surface area contributed by atoms with Gasteiger partial charge in [0.15, 0.2) is 5.44 Å². The van der Waals surface area contributed by atoms with Crippen molar-refractivity contribution < 1.29 is 22.7 Å². The van der Waals surface area contributed by atoms with Gasteiger partial charge in [-0.3, -0.25) is 4.79 Å². The topological polar surface area (TPSA) is 38.3 Å². The van der Waals surface area contributed by atoms with Gasteiger partial charge in [0.1, 0.15) is 0 Å². The Hall–Kier alpha value is -1.12. The molecule has 1 aliphatic heterocycles. The summed E-state index contributed by atoms with van der Waals surface area (Å²) >= 11 is 2.81. The molecule has 0 bridgehead atoms. The van der Waals surface area contributed by atoms with Gasteiger partial charge in [0.05, 0.1) is 22.0 Å². The SMILES string of the molecule is CCSCNC1=C(c2cccc(C(F)(F)F)c2)C(=O)C(OC)S1. The van der Waals surface area contributed by atoms with E-state index in [4.69, 9.17) is 4.74 Å². The van der Waals surface area contributed by atoms with E-state index in [1.807, 2.05) is 6.92 Å². The minimum atomic E-state index is -4.45. The number of carbonyl (C=O) groups excluding carboxylic acids is 1. The van der Waals surface area contributed by atoms with Gasteiger partial charge >= 0.3 is 6.18 Å². The van der Waals surface area contributed by atoms with Crippen molar-refractivity contribution in [3.8, 4) is 0 Å². The first-order valence-corrected chi connectivity index (χ1v) is 8.89. The summed E-state index contributed by atoms with van der Waals surface area (Å²) in [5, 5.41) is 3.67. The summed E-state index contributed by atoms with van der Waals surface area (Å²) in [6.45, 7) is 2.00. The predicted molar refractivity (Wildman–Crippen MR) is 87.9 cm³/mol. The van der Waals surface area contributed by atoms with Gasteiger partial charge in [-0.1, -0.05) is 30.8 Å². The molecule has 0 radical (unpaired) electrons. The Morgan fingerprint density at radius 2 is 2.13 bits per heavy atom. The Bertz CT molecular complexity index is 617. The van der Waals surface area contributed by atoms with Crippen LogP contribution < -0.4 is 5.32 Å². The second-order valence-electron chi connectivity index (χ2n) is 4.65. The third kappa shape index (κ3) is 4.24. The van der Waals surface area contributed by atoms with Crippen molar-refractivity contribution in [1.29, 1.82) is 0 Å². The molecule has 0 spiro atoms. The molecular formula is C15H16F3NO2S2. The smallest absolute Gasteiger partial charge is 0.370 e. The summed E-state index contributed by atoms with van der Waals surface area (Å²) in [5.41, 5.74) is -0.998. The second-order valence-corrected chi connectivity index (χ2v) is 6.99. The largest absolute Gasteiger partial charge is 0.416 e. The fourth-order valence-electron chi connectivity index (χ4n) is 2.08. The zero-order valence-corrected chi connectivity index (χ0v) is 14.2. The molecule has 8 heteroatoms. The van der Waals surface area contributed by atoms with Gasteiger partial charge in [-0.05, 0) is 23.4 Å². The minimum Gasteiger partial charge on any atom is -0.370 e. The van der Waals surface area contributed by atoms with E-state index in [0.717, 1.165) is 17.9 Å². The normalized spacial score (nSPS) is 18.7. The van der Waals surface area contributed by atoms with E-state index in [-0.39, 0.29) is 16.9 Å². The highest BCUT2D eigenvalue weighted by molar-refractivity contribution is 8.05. The molecule has 1 heterocycles. The molecule has 1 unspecified atom stereocenters. The molecule has 1 aromatic carbocycles. The van der Waals surface area contributed by atoms with Crippen molar-refractivity contribution >= 4 is 34.9 Å². The molecule has 0 saturated carbocycles. The number of Topliss-reactive ketones (excluding diaryl/α,β-unsaturated/α-hetero) is 1. The maximum atomic E-state index is 12.9. The number of thioether (sulfide) groups is 2. The summed E-state index contributed by atoms with van der Waals surface area (Å²) in [6, 6.07) is 4.81. The number of benzene rings is 1. The van der Waals surface area contributed by atoms with Crippen molar-refractivity contribution in [3.63, 3.8) is 0 Å². The van der Waals surface area contributed by atoms with Crippen LogP contribution in [0.5, 0.6) is 0 Å². The van der Waals surface area contributed by atoms with Crippen LogP contribution in [0.1, 0.15) is 18.1 Å². The lowest BCUT2D eigenvalue weighted by Gasteiger charge is -2.11. The highest BCUT2D eigenvalue weighted by Gasteiger charge is 2.36. The van der Waals surface area contributed by atoms with Gasteiger partial charge in [-0.2, -0.15) is 13.2 Å². The predicted octanol–water partition coefficient (Wildman–Crippen LogP) is 3.96. The van der Waals surface area contributed by atoms with E-state index >= 15 is 0 Å². The van der Waals surface area contributed by atoms with Gasteiger partial charge in [-0.25, -0.2) is 0 Å². The number of halogens is 3. The number of alkyl halides is 3. The molecule has 0 aliphatic carbocycles. The van der Waals surface area contributed by atoms with E-state index in [1.54, 1.807) is 11.8 Å². The molecular weight excluding hydrogens is 347 g/mol. The maximum absolute atomic E-state index is 12.9. The molecule has 126 valence electrons. The van der Waals surface area contributed by atoms with Crippen LogP contribution in [0.15, 0.2) is 29.3 Å². The third-order valence-corrected chi connectivity index (χ3v) is 5.11. The highest BCUT2D eigenvalue weighted by Crippen LogP contribution is 2.40. The Labute approximate surface area is 141 Å². The van der Waals surface area contributed by atoms with E-state index in [9.17, 15) is 18.0 Å². The van der Waals surface area contributed by atoms with Crippen molar-refractivity contribution in [2.45, 2.75) is 18.5 Å². The molecule has 1 atom stereocenters. The molecule has 0 amide bonds. The fraction of sp³-hybridized carbons (Fsp3) is 0.400. The number of carbonyl (C=O) groups is 1. The highest BCUT2D eigenvalue weighted by atomic mass is 32.2. The van der Waals surface area contributed by atoms with Gasteiger partial charge < -0.3 is 10.1 Å². The summed E-state index contributed by atoms with van der Waals surface area (Å²) in [6.07, 6.45) is -4.45. The van der Waals surface area contributed by atoms with Crippen molar-refractivity contribution in [2.24, 2.45) is 0 Å². The number of nitrogens with one attached hydrogen (secondary N) is 1. The van der Waals surface area contributed by atoms with Crippen LogP contribution in [-0.4, -0.2) is 30.0 Å². The zero-order chi connectivity index (χ0) is 17.0. The number of methoxy groups -OCH3 is 1. The molecule has 1 aromatic rings. The summed E-state index contributed by atoms with van der Waals surface area (Å²) in [5.74, 6) is 1.15. The number of hydrogen-bond donors (Lipinski definition) is 1. The van der Waals surface area contributed by atoms with Crippen molar-refractivity contribution in [3.05, 3.63) is 40.4 Å². The minimum absolute atomic E-state index is 0.251. The molecule has 23 heavy (non-hydrogen) atoms. The van der Waals surface area contributed by atoms with Gasteiger partial charge in [-0.15, -0.1) is 11.8 Å². The molecule has 3 nitrogen and oxygen atoms in total. The summed E-state index contributed by atoms with van der Waals surface area (Å²) in [4.78, 5) is 12.4. The quantitative estimate of drug-likeness (QED) is 0.612. The summed E-state index contributed by atoms with van der Waals surface area (Å²) in [7, 11) is 1.41. The van der Waals surface area contributed by atoms with E-state index < -0.39 is 17.2 Å².